The highest BCUT2D eigenvalue weighted by Crippen LogP contribution is 2.08. The average Bonchev–Trinajstić information content (AvgIpc) is 2.61. The fourth-order valence-corrected chi connectivity index (χ4v) is 4.34. The van der Waals surface area contributed by atoms with E-state index in [2.05, 4.69) is 4.72 Å². The fraction of sp³-hybridized carbons (Fsp3) is 0.632. The number of carbonyl (C=O) groups is 1. The number of sulfonamides is 1. The lowest BCUT2D eigenvalue weighted by Crippen LogP contribution is -2.43. The Morgan fingerprint density at radius 2 is 1.88 bits per heavy atom. The lowest BCUT2D eigenvalue weighted by atomic mass is 10.1. The van der Waals surface area contributed by atoms with Gasteiger partial charge in [-0.25, -0.2) is 13.1 Å². The molecule has 0 aliphatic rings. The molecule has 1 aromatic rings. The molecule has 1 atom stereocenters. The first-order chi connectivity index (χ1) is 12.3. The third-order valence-electron chi connectivity index (χ3n) is 3.88. The van der Waals surface area contributed by atoms with Crippen LogP contribution in [0.1, 0.15) is 38.7 Å². The van der Waals surface area contributed by atoms with E-state index < -0.39 is 22.0 Å². The van der Waals surface area contributed by atoms with Gasteiger partial charge in [-0.1, -0.05) is 44.2 Å². The van der Waals surface area contributed by atoms with Crippen molar-refractivity contribution in [2.24, 2.45) is 5.92 Å². The van der Waals surface area contributed by atoms with Gasteiger partial charge < -0.3 is 4.74 Å². The zero-order valence-corrected chi connectivity index (χ0v) is 17.6. The molecule has 1 N–H and O–H groups in total. The summed E-state index contributed by atoms with van der Waals surface area (Å²) in [5.41, 5.74) is 1.19. The summed E-state index contributed by atoms with van der Waals surface area (Å²) >= 11 is 1.57. The first-order valence-corrected chi connectivity index (χ1v) is 12.1. The van der Waals surface area contributed by atoms with Crippen molar-refractivity contribution in [3.05, 3.63) is 35.9 Å². The third-order valence-corrected chi connectivity index (χ3v) is 5.94. The van der Waals surface area contributed by atoms with E-state index in [0.717, 1.165) is 6.42 Å². The van der Waals surface area contributed by atoms with Crippen LogP contribution in [0, 0.1) is 5.92 Å². The first kappa shape index (κ1) is 23.0. The molecule has 0 saturated carbocycles. The molecule has 0 bridgehead atoms. The van der Waals surface area contributed by atoms with Crippen LogP contribution in [0.2, 0.25) is 0 Å². The summed E-state index contributed by atoms with van der Waals surface area (Å²) in [6, 6.07) is 9.18. The van der Waals surface area contributed by atoms with Crippen LogP contribution >= 0.6 is 11.8 Å². The molecule has 0 amide bonds. The van der Waals surface area contributed by atoms with E-state index in [4.69, 9.17) is 4.74 Å². The second kappa shape index (κ2) is 12.4. The molecule has 148 valence electrons. The molecular weight excluding hydrogens is 370 g/mol. The largest absolute Gasteiger partial charge is 0.464 e. The van der Waals surface area contributed by atoms with Crippen LogP contribution in [0.5, 0.6) is 0 Å². The summed E-state index contributed by atoms with van der Waals surface area (Å²) in [6.07, 6.45) is 4.46. The number of ether oxygens (including phenoxy) is 1. The molecule has 0 saturated heterocycles. The number of nitrogens with one attached hydrogen (secondary N) is 1. The number of rotatable bonds is 13. The van der Waals surface area contributed by atoms with Gasteiger partial charge in [-0.15, -0.1) is 0 Å². The van der Waals surface area contributed by atoms with E-state index in [-0.39, 0.29) is 12.4 Å². The maximum atomic E-state index is 12.3. The molecule has 7 heteroatoms. The van der Waals surface area contributed by atoms with Gasteiger partial charge in [0, 0.05) is 0 Å². The van der Waals surface area contributed by atoms with Crippen molar-refractivity contribution in [1.29, 1.82) is 0 Å². The standard InChI is InChI=1S/C19H31NO4S2/c1-16(2)12-15-26(22,23)20-18(11-14-25-3)19(21)24-13-7-10-17-8-5-4-6-9-17/h4-6,8-9,16,18,20H,7,10-15H2,1-3H3/t18-/m0/s1. The smallest absolute Gasteiger partial charge is 0.324 e. The minimum absolute atomic E-state index is 0.0295. The van der Waals surface area contributed by atoms with Gasteiger partial charge >= 0.3 is 5.97 Å². The monoisotopic (exact) mass is 401 g/mol. The Morgan fingerprint density at radius 1 is 1.19 bits per heavy atom. The Balaban J connectivity index is 2.48. The lowest BCUT2D eigenvalue weighted by Gasteiger charge is -2.18. The summed E-state index contributed by atoms with van der Waals surface area (Å²) in [4.78, 5) is 12.3. The van der Waals surface area contributed by atoms with Crippen LogP contribution in [0.4, 0.5) is 0 Å². The van der Waals surface area contributed by atoms with Crippen molar-refractivity contribution in [2.75, 3.05) is 24.4 Å². The van der Waals surface area contributed by atoms with Gasteiger partial charge in [0.1, 0.15) is 6.04 Å². The molecular formula is C19H31NO4S2. The minimum Gasteiger partial charge on any atom is -0.464 e. The summed E-state index contributed by atoms with van der Waals surface area (Å²) in [7, 11) is -3.48. The molecule has 1 aromatic carbocycles. The quantitative estimate of drug-likeness (QED) is 0.406. The Kier molecular flexibility index (Phi) is 10.9. The normalized spacial score (nSPS) is 12.9. The minimum atomic E-state index is -3.48. The number of hydrogen-bond acceptors (Lipinski definition) is 5. The predicted molar refractivity (Wildman–Crippen MR) is 109 cm³/mol. The topological polar surface area (TPSA) is 72.5 Å². The number of carbonyl (C=O) groups excluding carboxylic acids is 1. The maximum Gasteiger partial charge on any atom is 0.324 e. The van der Waals surface area contributed by atoms with Crippen LogP contribution < -0.4 is 4.72 Å². The molecule has 0 aliphatic heterocycles. The molecule has 0 radical (unpaired) electrons. The van der Waals surface area contributed by atoms with Crippen LogP contribution in [-0.2, 0) is 26.0 Å². The summed E-state index contributed by atoms with van der Waals surface area (Å²) < 4.78 is 32.3. The van der Waals surface area contributed by atoms with Crippen LogP contribution in [-0.4, -0.2) is 44.8 Å². The van der Waals surface area contributed by atoms with Gasteiger partial charge in [0.2, 0.25) is 10.0 Å². The van der Waals surface area contributed by atoms with Gasteiger partial charge in [-0.2, -0.15) is 11.8 Å². The molecule has 1 rings (SSSR count). The highest BCUT2D eigenvalue weighted by atomic mass is 32.2. The van der Waals surface area contributed by atoms with Gasteiger partial charge in [0.15, 0.2) is 0 Å². The number of benzene rings is 1. The van der Waals surface area contributed by atoms with Gasteiger partial charge in [0.05, 0.1) is 12.4 Å². The first-order valence-electron chi connectivity index (χ1n) is 9.03. The average molecular weight is 402 g/mol. The molecule has 0 aromatic heterocycles. The van der Waals surface area contributed by atoms with Crippen molar-refractivity contribution in [3.8, 4) is 0 Å². The van der Waals surface area contributed by atoms with Crippen molar-refractivity contribution < 1.29 is 17.9 Å². The van der Waals surface area contributed by atoms with E-state index in [1.165, 1.54) is 5.56 Å². The Hall–Kier alpha value is -1.05. The van der Waals surface area contributed by atoms with Gasteiger partial charge in [-0.05, 0) is 49.2 Å². The molecule has 0 spiro atoms. The molecule has 0 aliphatic carbocycles. The number of hydrogen-bond donors (Lipinski definition) is 1. The van der Waals surface area contributed by atoms with Crippen LogP contribution in [0.3, 0.4) is 0 Å². The number of esters is 1. The summed E-state index contributed by atoms with van der Waals surface area (Å²) in [5, 5.41) is 0. The summed E-state index contributed by atoms with van der Waals surface area (Å²) in [5.74, 6) is 0.527. The Labute approximate surface area is 162 Å². The van der Waals surface area contributed by atoms with Crippen molar-refractivity contribution in [1.82, 2.24) is 4.72 Å². The van der Waals surface area contributed by atoms with Crippen molar-refractivity contribution in [2.45, 2.75) is 45.6 Å². The second-order valence-electron chi connectivity index (χ2n) is 6.71. The second-order valence-corrected chi connectivity index (χ2v) is 9.57. The Bertz CT molecular complexity index is 618. The SMILES string of the molecule is CSCC[C@H](NS(=O)(=O)CCC(C)C)C(=O)OCCCc1ccccc1. The fourth-order valence-electron chi connectivity index (χ4n) is 2.32. The number of aryl methyl sites for hydroxylation is 1. The van der Waals surface area contributed by atoms with Crippen molar-refractivity contribution in [3.63, 3.8) is 0 Å². The zero-order chi connectivity index (χ0) is 19.4. The van der Waals surface area contributed by atoms with E-state index >= 15 is 0 Å². The van der Waals surface area contributed by atoms with Crippen LogP contribution in [0.25, 0.3) is 0 Å². The zero-order valence-electron chi connectivity index (χ0n) is 15.9. The molecule has 5 nitrogen and oxygen atoms in total. The van der Waals surface area contributed by atoms with Gasteiger partial charge in [0.25, 0.3) is 0 Å². The van der Waals surface area contributed by atoms with Crippen molar-refractivity contribution >= 4 is 27.8 Å². The van der Waals surface area contributed by atoms with E-state index in [1.54, 1.807) is 11.8 Å². The molecule has 0 fully saturated rings. The lowest BCUT2D eigenvalue weighted by molar-refractivity contribution is -0.145. The third kappa shape index (κ3) is 10.2. The molecule has 26 heavy (non-hydrogen) atoms. The summed E-state index contributed by atoms with van der Waals surface area (Å²) in [6.45, 7) is 4.24. The highest BCUT2D eigenvalue weighted by Gasteiger charge is 2.25. The Morgan fingerprint density at radius 3 is 2.50 bits per heavy atom. The predicted octanol–water partition coefficient (Wildman–Crippen LogP) is 3.25. The van der Waals surface area contributed by atoms with E-state index in [1.807, 2.05) is 50.4 Å². The van der Waals surface area contributed by atoms with E-state index in [9.17, 15) is 13.2 Å². The highest BCUT2D eigenvalue weighted by molar-refractivity contribution is 7.98. The maximum absolute atomic E-state index is 12.3. The van der Waals surface area contributed by atoms with E-state index in [0.29, 0.717) is 30.9 Å². The van der Waals surface area contributed by atoms with Gasteiger partial charge in [-0.3, -0.25) is 4.79 Å². The van der Waals surface area contributed by atoms with Crippen LogP contribution in [0.15, 0.2) is 30.3 Å². The molecule has 0 heterocycles. The molecule has 0 unspecified atom stereocenters. The number of thioether (sulfide) groups is 1.